The maximum Gasteiger partial charge on any atom is 0.166 e. The lowest BCUT2D eigenvalue weighted by Gasteiger charge is -2.27. The molecule has 0 unspecified atom stereocenters. The maximum atomic E-state index is 5.24. The summed E-state index contributed by atoms with van der Waals surface area (Å²) in [6.07, 6.45) is 3.61. The Bertz CT molecular complexity index is 376. The average Bonchev–Trinajstić information content (AvgIpc) is 2.30. The molecule has 0 spiro atoms. The number of nitrogens with one attached hydrogen (secondary N) is 2. The topological polar surface area (TPSA) is 24.1 Å². The van der Waals surface area contributed by atoms with E-state index in [2.05, 4.69) is 41.8 Å². The highest BCUT2D eigenvalue weighted by Crippen LogP contribution is 2.29. The van der Waals surface area contributed by atoms with Gasteiger partial charge in [0.25, 0.3) is 0 Å². The van der Waals surface area contributed by atoms with Gasteiger partial charge in [-0.1, -0.05) is 24.3 Å². The quantitative estimate of drug-likeness (QED) is 0.769. The molecule has 1 aliphatic carbocycles. The zero-order valence-corrected chi connectivity index (χ0v) is 10.4. The summed E-state index contributed by atoms with van der Waals surface area (Å²) in [5.74, 6) is 0. The van der Waals surface area contributed by atoms with E-state index in [-0.39, 0.29) is 0 Å². The zero-order chi connectivity index (χ0) is 11.4. The Labute approximate surface area is 102 Å². The summed E-state index contributed by atoms with van der Waals surface area (Å²) in [5, 5.41) is 7.31. The lowest BCUT2D eigenvalue weighted by molar-refractivity contribution is 0.524. The molecule has 0 aromatic heterocycles. The van der Waals surface area contributed by atoms with Crippen molar-refractivity contribution in [3.63, 3.8) is 0 Å². The van der Waals surface area contributed by atoms with Gasteiger partial charge in [0, 0.05) is 6.54 Å². The van der Waals surface area contributed by atoms with Gasteiger partial charge in [-0.15, -0.1) is 0 Å². The van der Waals surface area contributed by atoms with E-state index >= 15 is 0 Å². The van der Waals surface area contributed by atoms with Gasteiger partial charge in [-0.2, -0.15) is 0 Å². The molecule has 0 saturated carbocycles. The Morgan fingerprint density at radius 3 is 3.06 bits per heavy atom. The number of aryl methyl sites for hydroxylation is 1. The first kappa shape index (κ1) is 11.4. The molecule has 2 nitrogen and oxygen atoms in total. The molecule has 2 N–H and O–H groups in total. The molecule has 0 radical (unpaired) electrons. The summed E-state index contributed by atoms with van der Waals surface area (Å²) in [7, 11) is 0. The van der Waals surface area contributed by atoms with Gasteiger partial charge >= 0.3 is 0 Å². The predicted octanol–water partition coefficient (Wildman–Crippen LogP) is 2.55. The smallest absolute Gasteiger partial charge is 0.166 e. The predicted molar refractivity (Wildman–Crippen MR) is 71.5 cm³/mol. The molecule has 3 heteroatoms. The summed E-state index contributed by atoms with van der Waals surface area (Å²) >= 11 is 5.24. The highest BCUT2D eigenvalue weighted by molar-refractivity contribution is 7.80. The van der Waals surface area contributed by atoms with Crippen LogP contribution in [0, 0.1) is 0 Å². The van der Waals surface area contributed by atoms with Gasteiger partial charge in [0.15, 0.2) is 5.11 Å². The number of rotatable bonds is 2. The van der Waals surface area contributed by atoms with E-state index in [9.17, 15) is 0 Å². The Morgan fingerprint density at radius 2 is 2.25 bits per heavy atom. The fourth-order valence-electron chi connectivity index (χ4n) is 2.27. The van der Waals surface area contributed by atoms with Gasteiger partial charge in [-0.05, 0) is 49.5 Å². The second-order valence-corrected chi connectivity index (χ2v) is 4.56. The molecule has 0 bridgehead atoms. The van der Waals surface area contributed by atoms with Crippen LogP contribution in [0.25, 0.3) is 0 Å². The standard InChI is InChI=1S/C13H18N2S/c1-2-14-13(16)15-12-9-5-7-10-6-3-4-8-11(10)12/h3-4,6,8,12H,2,5,7,9H2,1H3,(H2,14,15,16)/t12-/m0/s1. The monoisotopic (exact) mass is 234 g/mol. The summed E-state index contributed by atoms with van der Waals surface area (Å²) in [4.78, 5) is 0. The molecule has 0 amide bonds. The van der Waals surface area contributed by atoms with Gasteiger partial charge in [-0.25, -0.2) is 0 Å². The van der Waals surface area contributed by atoms with Crippen molar-refractivity contribution in [1.29, 1.82) is 0 Å². The van der Waals surface area contributed by atoms with E-state index in [0.29, 0.717) is 6.04 Å². The van der Waals surface area contributed by atoms with Gasteiger partial charge in [0.1, 0.15) is 0 Å². The van der Waals surface area contributed by atoms with Crippen LogP contribution in [0.2, 0.25) is 0 Å². The molecule has 1 atom stereocenters. The van der Waals surface area contributed by atoms with Crippen LogP contribution in [0.5, 0.6) is 0 Å². The largest absolute Gasteiger partial charge is 0.363 e. The number of hydrogen-bond acceptors (Lipinski definition) is 1. The fourth-order valence-corrected chi connectivity index (χ4v) is 2.56. The molecule has 0 saturated heterocycles. The van der Waals surface area contributed by atoms with Crippen molar-refractivity contribution >= 4 is 17.3 Å². The Kier molecular flexibility index (Phi) is 3.78. The Balaban J connectivity index is 2.10. The molecule has 0 aliphatic heterocycles. The zero-order valence-electron chi connectivity index (χ0n) is 9.62. The molecule has 0 fully saturated rings. The van der Waals surface area contributed by atoms with Crippen molar-refractivity contribution < 1.29 is 0 Å². The number of benzene rings is 1. The van der Waals surface area contributed by atoms with E-state index < -0.39 is 0 Å². The van der Waals surface area contributed by atoms with E-state index in [0.717, 1.165) is 11.7 Å². The molecule has 1 aliphatic rings. The van der Waals surface area contributed by atoms with E-state index in [1.54, 1.807) is 0 Å². The minimum absolute atomic E-state index is 0.386. The van der Waals surface area contributed by atoms with Crippen molar-refractivity contribution in [2.45, 2.75) is 32.2 Å². The Hall–Kier alpha value is -1.09. The molecule has 1 aromatic rings. The second-order valence-electron chi connectivity index (χ2n) is 4.15. The van der Waals surface area contributed by atoms with Crippen LogP contribution in [0.1, 0.15) is 36.9 Å². The van der Waals surface area contributed by atoms with Crippen molar-refractivity contribution in [2.75, 3.05) is 6.54 Å². The normalized spacial score (nSPS) is 18.7. The van der Waals surface area contributed by atoms with Crippen molar-refractivity contribution in [3.05, 3.63) is 35.4 Å². The van der Waals surface area contributed by atoms with Gasteiger partial charge in [-0.3, -0.25) is 0 Å². The van der Waals surface area contributed by atoms with Crippen LogP contribution < -0.4 is 10.6 Å². The van der Waals surface area contributed by atoms with Crippen LogP contribution in [0.15, 0.2) is 24.3 Å². The summed E-state index contributed by atoms with van der Waals surface area (Å²) in [6, 6.07) is 9.04. The molecule has 16 heavy (non-hydrogen) atoms. The fraction of sp³-hybridized carbons (Fsp3) is 0.462. The van der Waals surface area contributed by atoms with E-state index in [1.165, 1.54) is 30.4 Å². The summed E-state index contributed by atoms with van der Waals surface area (Å²) < 4.78 is 0. The van der Waals surface area contributed by atoms with Gasteiger partial charge < -0.3 is 10.6 Å². The van der Waals surface area contributed by atoms with Gasteiger partial charge in [0.05, 0.1) is 6.04 Å². The minimum atomic E-state index is 0.386. The third-order valence-corrected chi connectivity index (χ3v) is 3.27. The van der Waals surface area contributed by atoms with Crippen LogP contribution in [-0.2, 0) is 6.42 Å². The SMILES string of the molecule is CCNC(=S)N[C@H]1CCCc2ccccc21. The summed E-state index contributed by atoms with van der Waals surface area (Å²) in [5.41, 5.74) is 2.87. The van der Waals surface area contributed by atoms with E-state index in [1.807, 2.05) is 0 Å². The molecule has 0 heterocycles. The molecular formula is C13H18N2S. The van der Waals surface area contributed by atoms with Crippen LogP contribution in [0.3, 0.4) is 0 Å². The van der Waals surface area contributed by atoms with Gasteiger partial charge in [0.2, 0.25) is 0 Å². The lowest BCUT2D eigenvalue weighted by atomic mass is 9.88. The number of hydrogen-bond donors (Lipinski definition) is 2. The van der Waals surface area contributed by atoms with Crippen LogP contribution in [0.4, 0.5) is 0 Å². The molecular weight excluding hydrogens is 216 g/mol. The van der Waals surface area contributed by atoms with Crippen molar-refractivity contribution in [1.82, 2.24) is 10.6 Å². The molecule has 2 rings (SSSR count). The van der Waals surface area contributed by atoms with E-state index in [4.69, 9.17) is 12.2 Å². The summed E-state index contributed by atoms with van der Waals surface area (Å²) in [6.45, 7) is 2.93. The first-order valence-corrected chi connectivity index (χ1v) is 6.34. The second kappa shape index (κ2) is 5.30. The highest BCUT2D eigenvalue weighted by Gasteiger charge is 2.19. The van der Waals surface area contributed by atoms with Crippen LogP contribution >= 0.6 is 12.2 Å². The highest BCUT2D eigenvalue weighted by atomic mass is 32.1. The van der Waals surface area contributed by atoms with Crippen LogP contribution in [-0.4, -0.2) is 11.7 Å². The number of fused-ring (bicyclic) bond motifs is 1. The third-order valence-electron chi connectivity index (χ3n) is 3.01. The van der Waals surface area contributed by atoms with Crippen molar-refractivity contribution in [3.8, 4) is 0 Å². The Morgan fingerprint density at radius 1 is 1.44 bits per heavy atom. The lowest BCUT2D eigenvalue weighted by Crippen LogP contribution is -2.38. The maximum absolute atomic E-state index is 5.24. The first-order valence-electron chi connectivity index (χ1n) is 5.93. The molecule has 1 aromatic carbocycles. The third kappa shape index (κ3) is 2.53. The average molecular weight is 234 g/mol. The van der Waals surface area contributed by atoms with Crippen molar-refractivity contribution in [2.24, 2.45) is 0 Å². The number of thiocarbonyl (C=S) groups is 1. The minimum Gasteiger partial charge on any atom is -0.363 e. The first-order chi connectivity index (χ1) is 7.81. The molecule has 86 valence electrons.